The lowest BCUT2D eigenvalue weighted by Gasteiger charge is -2.17. The fraction of sp³-hybridized carbons (Fsp3) is 0.677. The van der Waals surface area contributed by atoms with Gasteiger partial charge in [0.15, 0.2) is 0 Å². The van der Waals surface area contributed by atoms with E-state index >= 15 is 0 Å². The van der Waals surface area contributed by atoms with Crippen LogP contribution in [0.2, 0.25) is 0 Å². The zero-order valence-electron chi connectivity index (χ0n) is 23.7. The van der Waals surface area contributed by atoms with Crippen molar-refractivity contribution in [1.82, 2.24) is 24.3 Å². The van der Waals surface area contributed by atoms with E-state index in [-0.39, 0.29) is 6.04 Å². The molecule has 0 aliphatic heterocycles. The Kier molecular flexibility index (Phi) is 10.3. The predicted molar refractivity (Wildman–Crippen MR) is 152 cm³/mol. The largest absolute Gasteiger partial charge is 0.361 e. The number of ether oxygens (including phenoxy) is 1. The highest BCUT2D eigenvalue weighted by molar-refractivity contribution is 5.90. The van der Waals surface area contributed by atoms with E-state index in [1.165, 1.54) is 70.6 Å². The van der Waals surface area contributed by atoms with Gasteiger partial charge in [0.1, 0.15) is 18.7 Å². The van der Waals surface area contributed by atoms with Gasteiger partial charge in [-0.25, -0.2) is 9.97 Å². The molecule has 38 heavy (non-hydrogen) atoms. The quantitative estimate of drug-likeness (QED) is 0.169. The molecule has 206 valence electrons. The van der Waals surface area contributed by atoms with Crippen LogP contribution in [0.15, 0.2) is 31.0 Å². The van der Waals surface area contributed by atoms with Crippen LogP contribution >= 0.6 is 0 Å². The Morgan fingerprint density at radius 1 is 1.03 bits per heavy atom. The molecule has 7 heteroatoms. The van der Waals surface area contributed by atoms with Crippen molar-refractivity contribution in [3.63, 3.8) is 0 Å². The smallest absolute Gasteiger partial charge is 0.145 e. The third kappa shape index (κ3) is 8.39. The van der Waals surface area contributed by atoms with Crippen molar-refractivity contribution in [3.8, 4) is 17.3 Å². The lowest BCUT2D eigenvalue weighted by Crippen LogP contribution is -2.10. The monoisotopic (exact) mass is 518 g/mol. The summed E-state index contributed by atoms with van der Waals surface area (Å²) in [7, 11) is 0. The van der Waals surface area contributed by atoms with Gasteiger partial charge in [-0.3, -0.25) is 4.68 Å². The molecule has 1 saturated carbocycles. The molecule has 7 nitrogen and oxygen atoms in total. The third-order valence-electron chi connectivity index (χ3n) is 7.68. The second-order valence-corrected chi connectivity index (χ2v) is 12.3. The van der Waals surface area contributed by atoms with Crippen molar-refractivity contribution in [2.24, 2.45) is 11.3 Å². The summed E-state index contributed by atoms with van der Waals surface area (Å²) < 4.78 is 9.99. The van der Waals surface area contributed by atoms with Gasteiger partial charge < -0.3 is 9.30 Å². The molecule has 1 aliphatic rings. The highest BCUT2D eigenvalue weighted by Gasteiger charge is 2.33. The molecule has 1 atom stereocenters. The normalized spacial score (nSPS) is 14.7. The van der Waals surface area contributed by atoms with Gasteiger partial charge in [0.2, 0.25) is 0 Å². The van der Waals surface area contributed by atoms with Crippen LogP contribution in [0.4, 0.5) is 0 Å². The standard InChI is InChI=1S/C31H46N6O/c1-31(2,3)17-11-9-7-5-4-6-8-10-12-20-38-24-36-19-16-27-29(33-23-34-30(27)36)26-21-35-37(22-26)28(15-18-32)25-13-14-25/h16,19,21-23,25,28H,4-15,17,20,24H2,1-3H3. The Balaban J connectivity index is 1.15. The number of hydrogen-bond donors (Lipinski definition) is 0. The molecule has 0 N–H and O–H groups in total. The van der Waals surface area contributed by atoms with E-state index in [0.717, 1.165) is 35.3 Å². The van der Waals surface area contributed by atoms with Gasteiger partial charge in [-0.1, -0.05) is 72.1 Å². The second kappa shape index (κ2) is 13.9. The highest BCUT2D eigenvalue weighted by Crippen LogP contribution is 2.41. The van der Waals surface area contributed by atoms with E-state index in [0.29, 0.717) is 24.5 Å². The van der Waals surface area contributed by atoms with Crippen molar-refractivity contribution in [2.45, 2.75) is 117 Å². The molecule has 3 heterocycles. The van der Waals surface area contributed by atoms with Crippen molar-refractivity contribution in [3.05, 3.63) is 31.0 Å². The summed E-state index contributed by atoms with van der Waals surface area (Å²) in [6.45, 7) is 8.29. The van der Waals surface area contributed by atoms with Gasteiger partial charge in [-0.2, -0.15) is 10.4 Å². The first kappa shape index (κ1) is 28.3. The van der Waals surface area contributed by atoms with Crippen LogP contribution in [0, 0.1) is 22.7 Å². The predicted octanol–water partition coefficient (Wildman–Crippen LogP) is 8.08. The maximum atomic E-state index is 9.22. The van der Waals surface area contributed by atoms with Crippen molar-refractivity contribution < 1.29 is 4.74 Å². The summed E-state index contributed by atoms with van der Waals surface area (Å²) in [4.78, 5) is 9.09. The summed E-state index contributed by atoms with van der Waals surface area (Å²) in [5.41, 5.74) is 3.20. The third-order valence-corrected chi connectivity index (χ3v) is 7.68. The van der Waals surface area contributed by atoms with E-state index in [4.69, 9.17) is 4.74 Å². The molecule has 3 aromatic heterocycles. The molecule has 0 amide bonds. The van der Waals surface area contributed by atoms with E-state index < -0.39 is 0 Å². The topological polar surface area (TPSA) is 81.5 Å². The summed E-state index contributed by atoms with van der Waals surface area (Å²) in [6, 6.07) is 4.54. The summed E-state index contributed by atoms with van der Waals surface area (Å²) in [5.74, 6) is 0.569. The molecule has 4 rings (SSSR count). The van der Waals surface area contributed by atoms with Gasteiger partial charge in [0, 0.05) is 30.0 Å². The Labute approximate surface area is 228 Å². The van der Waals surface area contributed by atoms with Gasteiger partial charge in [0.25, 0.3) is 0 Å². The summed E-state index contributed by atoms with van der Waals surface area (Å²) >= 11 is 0. The number of aromatic nitrogens is 5. The van der Waals surface area contributed by atoms with Crippen molar-refractivity contribution >= 4 is 11.0 Å². The molecule has 0 bridgehead atoms. The minimum absolute atomic E-state index is 0.160. The zero-order valence-corrected chi connectivity index (χ0v) is 23.7. The SMILES string of the molecule is CC(C)(C)CCCCCCCCCCCOCn1ccc2c(-c3cnn(C(CC#N)C4CC4)c3)ncnc21. The van der Waals surface area contributed by atoms with E-state index in [9.17, 15) is 5.26 Å². The molecular weight excluding hydrogens is 472 g/mol. The molecule has 0 saturated heterocycles. The van der Waals surface area contributed by atoms with Crippen molar-refractivity contribution in [2.75, 3.05) is 6.61 Å². The molecule has 0 spiro atoms. The Hall–Kier alpha value is -2.72. The lowest BCUT2D eigenvalue weighted by atomic mass is 9.89. The van der Waals surface area contributed by atoms with Crippen molar-refractivity contribution in [1.29, 1.82) is 5.26 Å². The number of nitrogens with zero attached hydrogens (tertiary/aromatic N) is 6. The number of fused-ring (bicyclic) bond motifs is 1. The molecule has 3 aromatic rings. The molecule has 0 radical (unpaired) electrons. The first-order valence-electron chi connectivity index (χ1n) is 14.8. The summed E-state index contributed by atoms with van der Waals surface area (Å²) in [5, 5.41) is 14.8. The van der Waals surface area contributed by atoms with E-state index in [2.05, 4.69) is 48.0 Å². The average molecular weight is 519 g/mol. The van der Waals surface area contributed by atoms with Crippen LogP contribution in [-0.2, 0) is 11.5 Å². The first-order valence-corrected chi connectivity index (χ1v) is 14.8. The Bertz CT molecular complexity index is 1160. The van der Waals surface area contributed by atoms with Gasteiger partial charge in [-0.15, -0.1) is 0 Å². The molecule has 1 aliphatic carbocycles. The fourth-order valence-electron chi connectivity index (χ4n) is 5.29. The van der Waals surface area contributed by atoms with Gasteiger partial charge in [-0.05, 0) is 43.1 Å². The van der Waals surface area contributed by atoms with Gasteiger partial charge in [0.05, 0.1) is 30.4 Å². The second-order valence-electron chi connectivity index (χ2n) is 12.3. The summed E-state index contributed by atoms with van der Waals surface area (Å²) in [6.07, 6.45) is 23.6. The minimum atomic E-state index is 0.160. The zero-order chi connectivity index (χ0) is 26.8. The van der Waals surface area contributed by atoms with E-state index in [1.54, 1.807) is 6.33 Å². The number of hydrogen-bond acceptors (Lipinski definition) is 5. The van der Waals surface area contributed by atoms with Gasteiger partial charge >= 0.3 is 0 Å². The Morgan fingerprint density at radius 2 is 1.74 bits per heavy atom. The van der Waals surface area contributed by atoms with Crippen LogP contribution in [-0.4, -0.2) is 30.9 Å². The Morgan fingerprint density at radius 3 is 2.42 bits per heavy atom. The molecular formula is C31H46N6O. The first-order chi connectivity index (χ1) is 18.5. The fourth-order valence-corrected chi connectivity index (χ4v) is 5.29. The molecule has 0 aromatic carbocycles. The van der Waals surface area contributed by atoms with Crippen LogP contribution in [0.25, 0.3) is 22.3 Å². The van der Waals surface area contributed by atoms with Crippen LogP contribution < -0.4 is 0 Å². The minimum Gasteiger partial charge on any atom is -0.361 e. The van der Waals surface area contributed by atoms with Crippen LogP contribution in [0.3, 0.4) is 0 Å². The average Bonchev–Trinajstić information content (AvgIpc) is 3.46. The maximum absolute atomic E-state index is 9.22. The molecule has 1 fully saturated rings. The molecule has 1 unspecified atom stereocenters. The highest BCUT2D eigenvalue weighted by atomic mass is 16.5. The number of unbranched alkanes of at least 4 members (excludes halogenated alkanes) is 8. The van der Waals surface area contributed by atoms with E-state index in [1.807, 2.05) is 27.8 Å². The van der Waals surface area contributed by atoms with Crippen LogP contribution in [0.1, 0.15) is 110 Å². The number of rotatable bonds is 17. The van der Waals surface area contributed by atoms with Crippen LogP contribution in [0.5, 0.6) is 0 Å². The number of nitriles is 1. The lowest BCUT2D eigenvalue weighted by molar-refractivity contribution is 0.0763. The maximum Gasteiger partial charge on any atom is 0.145 e.